The lowest BCUT2D eigenvalue weighted by Gasteiger charge is -2.25. The molecular weight excluding hydrogens is 401 g/mol. The van der Waals surface area contributed by atoms with E-state index in [0.717, 1.165) is 39.4 Å². The normalized spacial score (nSPS) is 15.4. The predicted molar refractivity (Wildman–Crippen MR) is 118 cm³/mol. The molecule has 2 aromatic carbocycles. The third-order valence-electron chi connectivity index (χ3n) is 5.06. The Kier molecular flexibility index (Phi) is 6.04. The summed E-state index contributed by atoms with van der Waals surface area (Å²) in [5.74, 6) is 0.982. The van der Waals surface area contributed by atoms with Crippen LogP contribution in [0.3, 0.4) is 0 Å². The molecule has 1 amide bonds. The minimum Gasteiger partial charge on any atom is -0.490 e. The highest BCUT2D eigenvalue weighted by Gasteiger charge is 2.31. The summed E-state index contributed by atoms with van der Waals surface area (Å²) in [5, 5.41) is 4.98. The number of rotatable bonds is 7. The molecule has 0 spiro atoms. The Morgan fingerprint density at radius 2 is 2.00 bits per heavy atom. The molecule has 4 nitrogen and oxygen atoms in total. The van der Waals surface area contributed by atoms with Crippen molar-refractivity contribution in [3.8, 4) is 22.6 Å². The quantitative estimate of drug-likeness (QED) is 0.489. The van der Waals surface area contributed by atoms with Gasteiger partial charge in [0.2, 0.25) is 5.91 Å². The van der Waals surface area contributed by atoms with E-state index in [9.17, 15) is 9.18 Å². The predicted octanol–water partition coefficient (Wildman–Crippen LogP) is 6.22. The summed E-state index contributed by atoms with van der Waals surface area (Å²) in [7, 11) is 0. The number of hydrogen-bond donors (Lipinski definition) is 1. The van der Waals surface area contributed by atoms with Gasteiger partial charge in [-0.15, -0.1) is 11.3 Å². The number of carbonyl (C=O) groups is 1. The maximum absolute atomic E-state index is 13.7. The van der Waals surface area contributed by atoms with Crippen LogP contribution in [0.2, 0.25) is 0 Å². The van der Waals surface area contributed by atoms with E-state index in [-0.39, 0.29) is 17.6 Å². The topological polar surface area (TPSA) is 47.6 Å². The minimum atomic E-state index is -0.296. The number of ether oxygens (including phenoxy) is 2. The number of hydrogen-bond acceptors (Lipinski definition) is 4. The lowest BCUT2D eigenvalue weighted by molar-refractivity contribution is -0.116. The molecule has 1 aromatic heterocycles. The van der Waals surface area contributed by atoms with E-state index in [4.69, 9.17) is 9.47 Å². The number of nitrogens with one attached hydrogen (secondary N) is 1. The summed E-state index contributed by atoms with van der Waals surface area (Å²) >= 11 is 1.59. The third kappa shape index (κ3) is 4.05. The van der Waals surface area contributed by atoms with Crippen molar-refractivity contribution in [2.24, 2.45) is 0 Å². The van der Waals surface area contributed by atoms with Crippen molar-refractivity contribution in [2.45, 2.75) is 32.6 Å². The number of anilines is 1. The molecule has 1 atom stereocenters. The van der Waals surface area contributed by atoms with Crippen LogP contribution in [0.4, 0.5) is 10.1 Å². The fraction of sp³-hybridized carbons (Fsp3) is 0.292. The zero-order valence-corrected chi connectivity index (χ0v) is 17.9. The highest BCUT2D eigenvalue weighted by atomic mass is 32.1. The van der Waals surface area contributed by atoms with Crippen LogP contribution in [0.5, 0.6) is 11.5 Å². The van der Waals surface area contributed by atoms with E-state index < -0.39 is 0 Å². The lowest BCUT2D eigenvalue weighted by atomic mass is 9.89. The van der Waals surface area contributed by atoms with Crippen molar-refractivity contribution in [3.05, 3.63) is 64.1 Å². The maximum Gasteiger partial charge on any atom is 0.225 e. The summed E-state index contributed by atoms with van der Waals surface area (Å²) in [6, 6.07) is 12.3. The van der Waals surface area contributed by atoms with E-state index in [2.05, 4.69) is 12.2 Å². The van der Waals surface area contributed by atoms with Crippen molar-refractivity contribution in [2.75, 3.05) is 18.5 Å². The van der Waals surface area contributed by atoms with Gasteiger partial charge in [-0.1, -0.05) is 25.1 Å². The van der Waals surface area contributed by atoms with Gasteiger partial charge in [-0.05, 0) is 48.7 Å². The maximum atomic E-state index is 13.7. The second-order valence-electron chi connectivity index (χ2n) is 7.19. The second-order valence-corrected chi connectivity index (χ2v) is 8.10. The number of amides is 1. The molecule has 2 heterocycles. The van der Waals surface area contributed by atoms with Crippen LogP contribution >= 0.6 is 11.3 Å². The first-order valence-electron chi connectivity index (χ1n) is 10.2. The van der Waals surface area contributed by atoms with Crippen molar-refractivity contribution in [1.82, 2.24) is 0 Å². The van der Waals surface area contributed by atoms with E-state index >= 15 is 0 Å². The Bertz CT molecular complexity index is 1060. The van der Waals surface area contributed by atoms with Crippen LogP contribution in [-0.2, 0) is 4.79 Å². The van der Waals surface area contributed by atoms with Crippen molar-refractivity contribution in [1.29, 1.82) is 0 Å². The standard InChI is InChI=1S/C24H24FNO3S/c1-3-10-29-20-9-8-16(12-21(20)28-4-2)18-13-22(27)26-23-19(14-30-24(18)23)15-6-5-7-17(25)11-15/h5-9,11-12,14,18H,3-4,10,13H2,1-2H3,(H,26,27). The molecule has 0 radical (unpaired) electrons. The molecule has 1 aliphatic rings. The van der Waals surface area contributed by atoms with Crippen molar-refractivity contribution < 1.29 is 18.7 Å². The monoisotopic (exact) mass is 425 g/mol. The van der Waals surface area contributed by atoms with Crippen LogP contribution in [0.1, 0.15) is 43.0 Å². The Balaban J connectivity index is 1.73. The van der Waals surface area contributed by atoms with Gasteiger partial charge in [0, 0.05) is 28.2 Å². The smallest absolute Gasteiger partial charge is 0.225 e. The van der Waals surface area contributed by atoms with Gasteiger partial charge in [-0.25, -0.2) is 4.39 Å². The van der Waals surface area contributed by atoms with Crippen LogP contribution in [0.25, 0.3) is 11.1 Å². The Labute approximate surface area is 179 Å². The van der Waals surface area contributed by atoms with E-state index in [1.165, 1.54) is 12.1 Å². The first-order valence-corrected chi connectivity index (χ1v) is 11.0. The van der Waals surface area contributed by atoms with E-state index in [1.54, 1.807) is 17.4 Å². The van der Waals surface area contributed by atoms with E-state index in [1.807, 2.05) is 36.6 Å². The molecule has 6 heteroatoms. The molecule has 1 N–H and O–H groups in total. The fourth-order valence-electron chi connectivity index (χ4n) is 3.71. The minimum absolute atomic E-state index is 0.0483. The van der Waals surface area contributed by atoms with Gasteiger partial charge >= 0.3 is 0 Å². The van der Waals surface area contributed by atoms with Gasteiger partial charge in [-0.3, -0.25) is 4.79 Å². The van der Waals surface area contributed by atoms with Gasteiger partial charge in [0.05, 0.1) is 18.9 Å². The van der Waals surface area contributed by atoms with Crippen molar-refractivity contribution >= 4 is 22.9 Å². The molecular formula is C24H24FNO3S. The SMILES string of the molecule is CCCOc1ccc(C2CC(=O)Nc3c(-c4cccc(F)c4)csc32)cc1OCC. The van der Waals surface area contributed by atoms with Crippen molar-refractivity contribution in [3.63, 3.8) is 0 Å². The average Bonchev–Trinajstić information content (AvgIpc) is 3.16. The molecule has 0 aliphatic carbocycles. The van der Waals surface area contributed by atoms with Crippen LogP contribution in [0, 0.1) is 5.82 Å². The van der Waals surface area contributed by atoms with Gasteiger partial charge in [-0.2, -0.15) is 0 Å². The summed E-state index contributed by atoms with van der Waals surface area (Å²) < 4.78 is 25.4. The molecule has 156 valence electrons. The highest BCUT2D eigenvalue weighted by Crippen LogP contribution is 2.47. The summed E-state index contributed by atoms with van der Waals surface area (Å²) in [6.07, 6.45) is 1.27. The van der Waals surface area contributed by atoms with Gasteiger partial charge in [0.25, 0.3) is 0 Å². The second kappa shape index (κ2) is 8.88. The largest absolute Gasteiger partial charge is 0.490 e. The zero-order valence-electron chi connectivity index (χ0n) is 17.0. The Morgan fingerprint density at radius 1 is 1.13 bits per heavy atom. The van der Waals surface area contributed by atoms with Gasteiger partial charge < -0.3 is 14.8 Å². The fourth-order valence-corrected chi connectivity index (χ4v) is 4.87. The molecule has 30 heavy (non-hydrogen) atoms. The van der Waals surface area contributed by atoms with Gasteiger partial charge in [0.15, 0.2) is 11.5 Å². The molecule has 3 aromatic rings. The number of thiophene rings is 1. The number of fused-ring (bicyclic) bond motifs is 1. The zero-order chi connectivity index (χ0) is 21.1. The molecule has 0 saturated heterocycles. The molecule has 1 aliphatic heterocycles. The molecule has 4 rings (SSSR count). The first-order chi connectivity index (χ1) is 14.6. The Hall–Kier alpha value is -2.86. The Morgan fingerprint density at radius 3 is 2.77 bits per heavy atom. The molecule has 0 saturated carbocycles. The number of carbonyl (C=O) groups excluding carboxylic acids is 1. The van der Waals surface area contributed by atoms with Crippen LogP contribution in [-0.4, -0.2) is 19.1 Å². The number of benzene rings is 2. The van der Waals surface area contributed by atoms with E-state index in [0.29, 0.717) is 25.4 Å². The molecule has 0 fully saturated rings. The molecule has 1 unspecified atom stereocenters. The summed E-state index contributed by atoms with van der Waals surface area (Å²) in [4.78, 5) is 13.6. The summed E-state index contributed by atoms with van der Waals surface area (Å²) in [6.45, 7) is 5.15. The first kappa shape index (κ1) is 20.4. The van der Waals surface area contributed by atoms with Gasteiger partial charge in [0.1, 0.15) is 5.82 Å². The lowest BCUT2D eigenvalue weighted by Crippen LogP contribution is -2.22. The third-order valence-corrected chi connectivity index (χ3v) is 6.15. The summed E-state index contributed by atoms with van der Waals surface area (Å²) in [5.41, 5.74) is 3.38. The van der Waals surface area contributed by atoms with Crippen LogP contribution < -0.4 is 14.8 Å². The van der Waals surface area contributed by atoms with Crippen LogP contribution in [0.15, 0.2) is 47.8 Å². The number of halogens is 1. The molecule has 0 bridgehead atoms. The highest BCUT2D eigenvalue weighted by molar-refractivity contribution is 7.11. The average molecular weight is 426 g/mol.